The van der Waals surface area contributed by atoms with E-state index in [0.717, 1.165) is 13.1 Å². The highest BCUT2D eigenvalue weighted by molar-refractivity contribution is 7.38. The summed E-state index contributed by atoms with van der Waals surface area (Å²) in [6.07, 6.45) is 1.69. The second-order valence-corrected chi connectivity index (χ2v) is 20.9. The first-order valence-electron chi connectivity index (χ1n) is 5.98. The van der Waals surface area contributed by atoms with Crippen LogP contribution in [0.25, 0.3) is 0 Å². The summed E-state index contributed by atoms with van der Waals surface area (Å²) in [6, 6.07) is 1.43. The quantitative estimate of drug-likeness (QED) is 0.581. The Morgan fingerprint density at radius 3 is 2.53 bits per heavy atom. The molecule has 90 valence electrons. The van der Waals surface area contributed by atoms with E-state index in [-0.39, 0.29) is 0 Å². The molecule has 3 N–H and O–H groups in total. The van der Waals surface area contributed by atoms with Crippen LogP contribution >= 0.6 is 0 Å². The van der Waals surface area contributed by atoms with Gasteiger partial charge in [0, 0.05) is 19.6 Å². The first kappa shape index (κ1) is 13.4. The molecule has 1 unspecified atom stereocenters. The zero-order valence-corrected chi connectivity index (χ0v) is 12.6. The van der Waals surface area contributed by atoms with Gasteiger partial charge in [0.15, 0.2) is 7.83 Å². The Labute approximate surface area is 95.7 Å². The second-order valence-electron chi connectivity index (χ2n) is 5.67. The third-order valence-electron chi connectivity index (χ3n) is 3.88. The van der Waals surface area contributed by atoms with Crippen molar-refractivity contribution >= 4 is 15.4 Å². The van der Waals surface area contributed by atoms with Crippen molar-refractivity contribution in [1.82, 2.24) is 5.32 Å². The summed E-state index contributed by atoms with van der Waals surface area (Å²) in [5, 5.41) is 3.36. The summed E-state index contributed by atoms with van der Waals surface area (Å²) < 4.78 is 6.33. The Kier molecular flexibility index (Phi) is 4.55. The van der Waals surface area contributed by atoms with Gasteiger partial charge in [-0.25, -0.2) is 0 Å². The lowest BCUT2D eigenvalue weighted by Gasteiger charge is -2.45. The summed E-state index contributed by atoms with van der Waals surface area (Å²) >= 11 is 0. The maximum atomic E-state index is 6.33. The van der Waals surface area contributed by atoms with Crippen molar-refractivity contribution in [2.45, 2.75) is 44.8 Å². The van der Waals surface area contributed by atoms with Gasteiger partial charge in [-0.1, -0.05) is 19.1 Å². The van der Waals surface area contributed by atoms with E-state index >= 15 is 0 Å². The first-order chi connectivity index (χ1) is 6.89. The summed E-state index contributed by atoms with van der Waals surface area (Å²) in [4.78, 5) is 0. The van der Waals surface area contributed by atoms with Crippen LogP contribution in [-0.4, -0.2) is 41.2 Å². The predicted molar refractivity (Wildman–Crippen MR) is 71.2 cm³/mol. The fourth-order valence-electron chi connectivity index (χ4n) is 1.97. The molecular weight excluding hydrogens is 220 g/mol. The highest BCUT2D eigenvalue weighted by Crippen LogP contribution is 2.33. The van der Waals surface area contributed by atoms with E-state index in [4.69, 9.17) is 10.2 Å². The number of rotatable bonds is 4. The van der Waals surface area contributed by atoms with Crippen molar-refractivity contribution < 1.29 is 4.43 Å². The van der Waals surface area contributed by atoms with E-state index in [1.165, 1.54) is 12.5 Å². The molecule has 0 amide bonds. The van der Waals surface area contributed by atoms with E-state index in [1.807, 2.05) is 0 Å². The molecule has 0 aromatic carbocycles. The van der Waals surface area contributed by atoms with Crippen LogP contribution in [0.5, 0.6) is 0 Å². The molecule has 0 spiro atoms. The van der Waals surface area contributed by atoms with Gasteiger partial charge in [-0.3, -0.25) is 0 Å². The van der Waals surface area contributed by atoms with Gasteiger partial charge in [0.2, 0.25) is 0 Å². The Hall–Kier alpha value is 0.314. The van der Waals surface area contributed by atoms with Crippen LogP contribution in [0.15, 0.2) is 0 Å². The number of hydrogen-bond donors (Lipinski definition) is 2. The highest BCUT2D eigenvalue weighted by atomic mass is 29.3. The molecular formula is C10H26N2OSi2. The molecule has 1 rings (SSSR count). The number of nitrogens with two attached hydrogens (primary N) is 1. The van der Waals surface area contributed by atoms with Crippen molar-refractivity contribution in [3.8, 4) is 0 Å². The first-order valence-corrected chi connectivity index (χ1v) is 13.1. The Bertz CT molecular complexity index is 210. The van der Waals surface area contributed by atoms with Gasteiger partial charge in [-0.05, 0) is 19.5 Å². The Morgan fingerprint density at radius 2 is 2.00 bits per heavy atom. The lowest BCUT2D eigenvalue weighted by atomic mass is 10.3. The molecule has 0 bridgehead atoms. The van der Waals surface area contributed by atoms with Crippen LogP contribution in [0.2, 0.25) is 32.2 Å². The average molecular weight is 247 g/mol. The molecule has 1 aliphatic rings. The van der Waals surface area contributed by atoms with Crippen LogP contribution in [-0.2, 0) is 4.43 Å². The smallest absolute Gasteiger partial charge is 0.174 e. The van der Waals surface area contributed by atoms with E-state index in [0.29, 0.717) is 12.6 Å². The van der Waals surface area contributed by atoms with Crippen LogP contribution in [0, 0.1) is 0 Å². The van der Waals surface area contributed by atoms with Crippen LogP contribution in [0.3, 0.4) is 0 Å². The maximum Gasteiger partial charge on any atom is 0.174 e. The number of hydrogen-bond acceptors (Lipinski definition) is 3. The van der Waals surface area contributed by atoms with Gasteiger partial charge < -0.3 is 15.5 Å². The summed E-state index contributed by atoms with van der Waals surface area (Å²) in [7, 11) is -2.42. The molecule has 0 aliphatic carbocycles. The standard InChI is InChI=1S/C10H26N2OSi2/c1-14(2)8-5-10(9-12-7-6-11)13-15(14,3)4/h10,12H,5-9,11H2,1-4H3. The molecule has 1 aliphatic heterocycles. The number of nitrogens with one attached hydrogen (secondary N) is 1. The molecule has 0 aromatic heterocycles. The molecule has 3 nitrogen and oxygen atoms in total. The summed E-state index contributed by atoms with van der Waals surface area (Å²) in [6.45, 7) is 12.4. The molecule has 5 heteroatoms. The predicted octanol–water partition coefficient (Wildman–Crippen LogP) is 1.32. The van der Waals surface area contributed by atoms with Crippen LogP contribution in [0.4, 0.5) is 0 Å². The minimum absolute atomic E-state index is 0.443. The largest absolute Gasteiger partial charge is 0.416 e. The van der Waals surface area contributed by atoms with Gasteiger partial charge in [0.25, 0.3) is 0 Å². The van der Waals surface area contributed by atoms with Crippen molar-refractivity contribution in [1.29, 1.82) is 0 Å². The van der Waals surface area contributed by atoms with Gasteiger partial charge in [-0.15, -0.1) is 0 Å². The molecule has 0 aromatic rings. The van der Waals surface area contributed by atoms with E-state index in [2.05, 4.69) is 31.5 Å². The molecule has 1 saturated heterocycles. The van der Waals surface area contributed by atoms with E-state index in [1.54, 1.807) is 0 Å². The fraction of sp³-hybridized carbons (Fsp3) is 1.00. The molecule has 0 saturated carbocycles. The van der Waals surface area contributed by atoms with Gasteiger partial charge in [0.1, 0.15) is 0 Å². The topological polar surface area (TPSA) is 47.3 Å². The van der Waals surface area contributed by atoms with Crippen LogP contribution in [0.1, 0.15) is 6.42 Å². The normalized spacial score (nSPS) is 29.0. The summed E-state index contributed by atoms with van der Waals surface area (Å²) in [5.41, 5.74) is 5.45. The second kappa shape index (κ2) is 5.10. The molecule has 1 heterocycles. The van der Waals surface area contributed by atoms with Crippen molar-refractivity contribution in [3.63, 3.8) is 0 Å². The molecule has 1 atom stereocenters. The van der Waals surface area contributed by atoms with Crippen molar-refractivity contribution in [3.05, 3.63) is 0 Å². The molecule has 1 fully saturated rings. The monoisotopic (exact) mass is 246 g/mol. The minimum atomic E-state index is -1.37. The van der Waals surface area contributed by atoms with E-state index < -0.39 is 15.4 Å². The average Bonchev–Trinajstić information content (AvgIpc) is 2.12. The zero-order chi connectivity index (χ0) is 11.5. The Morgan fingerprint density at radius 1 is 1.33 bits per heavy atom. The van der Waals surface area contributed by atoms with Crippen LogP contribution < -0.4 is 11.1 Å². The van der Waals surface area contributed by atoms with E-state index in [9.17, 15) is 0 Å². The third kappa shape index (κ3) is 3.39. The SMILES string of the molecule is C[Si]1(C)CCC(CNCCN)O[Si]1(C)C. The zero-order valence-electron chi connectivity index (χ0n) is 10.6. The molecule has 15 heavy (non-hydrogen) atoms. The maximum absolute atomic E-state index is 6.33. The lowest BCUT2D eigenvalue weighted by Crippen LogP contribution is -2.62. The third-order valence-corrected chi connectivity index (χ3v) is 20.5. The fourth-order valence-corrected chi connectivity index (χ4v) is 8.66. The van der Waals surface area contributed by atoms with Gasteiger partial charge in [-0.2, -0.15) is 0 Å². The lowest BCUT2D eigenvalue weighted by molar-refractivity contribution is 0.183. The van der Waals surface area contributed by atoms with Crippen molar-refractivity contribution in [2.75, 3.05) is 19.6 Å². The molecule has 0 radical (unpaired) electrons. The van der Waals surface area contributed by atoms with Gasteiger partial charge in [0.05, 0.1) is 13.7 Å². The van der Waals surface area contributed by atoms with Crippen molar-refractivity contribution in [2.24, 2.45) is 5.73 Å². The summed E-state index contributed by atoms with van der Waals surface area (Å²) in [5.74, 6) is 0. The van der Waals surface area contributed by atoms with Gasteiger partial charge >= 0.3 is 0 Å². The minimum Gasteiger partial charge on any atom is -0.416 e. The highest BCUT2D eigenvalue weighted by Gasteiger charge is 2.47. The Balaban J connectivity index is 2.41.